The van der Waals surface area contributed by atoms with Crippen molar-refractivity contribution in [2.75, 3.05) is 4.90 Å². The van der Waals surface area contributed by atoms with Crippen molar-refractivity contribution in [3.05, 3.63) is 134 Å². The maximum atomic E-state index is 14.2. The lowest BCUT2D eigenvalue weighted by Crippen LogP contribution is -2.57. The van der Waals surface area contributed by atoms with Crippen molar-refractivity contribution in [2.24, 2.45) is 11.8 Å². The number of benzene rings is 4. The summed E-state index contributed by atoms with van der Waals surface area (Å²) in [6, 6.07) is 18.5. The highest BCUT2D eigenvalue weighted by Gasteiger charge is 2.68. The topological polar surface area (TPSA) is 182 Å². The number of halogens is 3. The van der Waals surface area contributed by atoms with Crippen LogP contribution in [0.5, 0.6) is 11.5 Å². The van der Waals surface area contributed by atoms with E-state index in [9.17, 15) is 52.9 Å². The van der Waals surface area contributed by atoms with Crippen LogP contribution in [0.4, 0.5) is 30.2 Å². The van der Waals surface area contributed by atoms with Crippen molar-refractivity contribution in [1.82, 2.24) is 5.32 Å². The Labute approximate surface area is 273 Å². The number of anilines is 1. The number of alkyl halides is 3. The average Bonchev–Trinajstić information content (AvgIpc) is 3.54. The lowest BCUT2D eigenvalue weighted by atomic mass is 9.76. The number of nitrogens with zero attached hydrogens (tertiary/aromatic N) is 3. The highest BCUT2D eigenvalue weighted by molar-refractivity contribution is 6.24. The molecule has 4 atom stereocenters. The molecule has 0 saturated carbocycles. The predicted octanol–water partition coefficient (Wildman–Crippen LogP) is 5.83. The number of hydrogen-bond acceptors (Lipinski definition) is 9. The molecule has 0 spiro atoms. The zero-order valence-electron chi connectivity index (χ0n) is 24.9. The molecule has 4 unspecified atom stereocenters. The predicted molar refractivity (Wildman–Crippen MR) is 164 cm³/mol. The van der Waals surface area contributed by atoms with E-state index in [4.69, 9.17) is 4.74 Å². The minimum Gasteiger partial charge on any atom is -0.480 e. The van der Waals surface area contributed by atoms with Crippen LogP contribution in [0.15, 0.2) is 97.1 Å². The molecule has 49 heavy (non-hydrogen) atoms. The number of nitrogens with one attached hydrogen (secondary N) is 1. The first-order valence-corrected chi connectivity index (χ1v) is 14.5. The molecule has 2 aliphatic heterocycles. The van der Waals surface area contributed by atoms with Gasteiger partial charge in [0, 0.05) is 36.7 Å². The van der Waals surface area contributed by atoms with Gasteiger partial charge in [-0.25, -0.2) is 4.90 Å². The van der Waals surface area contributed by atoms with E-state index in [1.807, 2.05) is 0 Å². The standard InChI is InChI=1S/C33H23F3N4O9/c34-33(35,36)20-5-2-9-25(15-20)49-24-8-1-4-19(14-24)28-26-27(30(42)38(29(26)41)22-6-3-7-23(16-22)40(47)48)32(37-28,31(43)44)17-18-10-12-21(13-11-18)39(45)46/h1-16,26-28,37H,17H2,(H,43,44). The van der Waals surface area contributed by atoms with Crippen LogP contribution in [-0.4, -0.2) is 38.3 Å². The van der Waals surface area contributed by atoms with E-state index in [0.717, 1.165) is 30.3 Å². The molecule has 250 valence electrons. The lowest BCUT2D eigenvalue weighted by molar-refractivity contribution is -0.385. The highest BCUT2D eigenvalue weighted by atomic mass is 19.4. The molecular formula is C33H23F3N4O9. The summed E-state index contributed by atoms with van der Waals surface area (Å²) in [5, 5.41) is 36.4. The fourth-order valence-electron chi connectivity index (χ4n) is 6.43. The van der Waals surface area contributed by atoms with E-state index >= 15 is 0 Å². The number of amides is 2. The smallest absolute Gasteiger partial charge is 0.416 e. The molecule has 13 nitrogen and oxygen atoms in total. The summed E-state index contributed by atoms with van der Waals surface area (Å²) in [6.07, 6.45) is -5.03. The molecule has 16 heteroatoms. The van der Waals surface area contributed by atoms with Gasteiger partial charge in [0.05, 0.1) is 32.9 Å². The van der Waals surface area contributed by atoms with Crippen LogP contribution < -0.4 is 15.0 Å². The molecule has 0 bridgehead atoms. The third-order valence-electron chi connectivity index (χ3n) is 8.58. The Morgan fingerprint density at radius 1 is 0.857 bits per heavy atom. The number of carboxylic acid groups (broad SMARTS) is 1. The maximum absolute atomic E-state index is 14.2. The van der Waals surface area contributed by atoms with Crippen LogP contribution in [0, 0.1) is 32.1 Å². The van der Waals surface area contributed by atoms with Gasteiger partial charge >= 0.3 is 12.1 Å². The number of nitro benzene ring substituents is 2. The number of non-ortho nitro benzene ring substituents is 2. The first-order chi connectivity index (χ1) is 23.2. The number of fused-ring (bicyclic) bond motifs is 1. The normalized spacial score (nSPS) is 21.8. The van der Waals surface area contributed by atoms with E-state index in [2.05, 4.69) is 5.32 Å². The Kier molecular flexibility index (Phi) is 8.11. The minimum atomic E-state index is -4.63. The van der Waals surface area contributed by atoms with Gasteiger partial charge in [-0.15, -0.1) is 0 Å². The Bertz CT molecular complexity index is 2020. The summed E-state index contributed by atoms with van der Waals surface area (Å²) in [4.78, 5) is 63.6. The molecular weight excluding hydrogens is 653 g/mol. The molecule has 2 aliphatic rings. The van der Waals surface area contributed by atoms with Gasteiger partial charge in [0.1, 0.15) is 17.0 Å². The summed E-state index contributed by atoms with van der Waals surface area (Å²) in [6.45, 7) is 0. The molecule has 2 heterocycles. The van der Waals surface area contributed by atoms with E-state index in [1.165, 1.54) is 66.7 Å². The summed E-state index contributed by atoms with van der Waals surface area (Å²) in [5.74, 6) is -6.33. The van der Waals surface area contributed by atoms with Gasteiger partial charge in [0.25, 0.3) is 11.4 Å². The summed E-state index contributed by atoms with van der Waals surface area (Å²) >= 11 is 0. The summed E-state index contributed by atoms with van der Waals surface area (Å²) in [7, 11) is 0. The number of nitro groups is 2. The van der Waals surface area contributed by atoms with E-state index in [0.29, 0.717) is 4.90 Å². The van der Waals surface area contributed by atoms with Gasteiger partial charge in [0.2, 0.25) is 11.8 Å². The highest BCUT2D eigenvalue weighted by Crippen LogP contribution is 2.51. The Balaban J connectivity index is 1.43. The van der Waals surface area contributed by atoms with Gasteiger partial charge in [-0.05, 0) is 47.5 Å². The van der Waals surface area contributed by atoms with Gasteiger partial charge in [0.15, 0.2) is 0 Å². The van der Waals surface area contributed by atoms with Gasteiger partial charge < -0.3 is 9.84 Å². The Hall–Kier alpha value is -6.16. The molecule has 6 rings (SSSR count). The van der Waals surface area contributed by atoms with Crippen LogP contribution in [0.2, 0.25) is 0 Å². The SMILES string of the molecule is O=C1C2C(c3cccc(Oc4cccc(C(F)(F)F)c4)c3)NC(Cc3ccc([N+](=O)[O-])cc3)(C(=O)O)C2C(=O)N1c1cccc([N+](=O)[O-])c1. The van der Waals surface area contributed by atoms with Crippen molar-refractivity contribution in [3.8, 4) is 11.5 Å². The summed E-state index contributed by atoms with van der Waals surface area (Å²) < 4.78 is 45.6. The van der Waals surface area contributed by atoms with Crippen LogP contribution in [0.25, 0.3) is 0 Å². The monoisotopic (exact) mass is 676 g/mol. The third kappa shape index (κ3) is 5.93. The Morgan fingerprint density at radius 2 is 1.49 bits per heavy atom. The molecule has 4 aromatic rings. The van der Waals surface area contributed by atoms with E-state index in [1.54, 1.807) is 0 Å². The molecule has 2 N–H and O–H groups in total. The second kappa shape index (κ2) is 12.1. The molecule has 2 saturated heterocycles. The van der Waals surface area contributed by atoms with E-state index in [-0.39, 0.29) is 34.0 Å². The maximum Gasteiger partial charge on any atom is 0.416 e. The molecule has 4 aromatic carbocycles. The number of hydrogen-bond donors (Lipinski definition) is 2. The quantitative estimate of drug-likeness (QED) is 0.124. The van der Waals surface area contributed by atoms with Crippen molar-refractivity contribution < 1.29 is 47.2 Å². The van der Waals surface area contributed by atoms with Crippen LogP contribution in [-0.2, 0) is 27.0 Å². The molecule has 0 radical (unpaired) electrons. The van der Waals surface area contributed by atoms with Crippen molar-refractivity contribution >= 4 is 34.8 Å². The molecule has 2 fully saturated rings. The summed E-state index contributed by atoms with van der Waals surface area (Å²) in [5.41, 5.74) is -3.39. The number of aliphatic carboxylic acids is 1. The first kappa shape index (κ1) is 32.8. The van der Waals surface area contributed by atoms with Crippen molar-refractivity contribution in [2.45, 2.75) is 24.2 Å². The largest absolute Gasteiger partial charge is 0.480 e. The van der Waals surface area contributed by atoms with Crippen LogP contribution >= 0.6 is 0 Å². The zero-order chi connectivity index (χ0) is 35.2. The van der Waals surface area contributed by atoms with Gasteiger partial charge in [-0.2, -0.15) is 13.2 Å². The number of imide groups is 1. The van der Waals surface area contributed by atoms with Crippen LogP contribution in [0.3, 0.4) is 0 Å². The molecule has 0 aliphatic carbocycles. The number of rotatable bonds is 9. The third-order valence-corrected chi connectivity index (χ3v) is 8.58. The Morgan fingerprint density at radius 3 is 2.12 bits per heavy atom. The number of carbonyl (C=O) groups excluding carboxylic acids is 2. The van der Waals surface area contributed by atoms with Crippen molar-refractivity contribution in [3.63, 3.8) is 0 Å². The number of carbonyl (C=O) groups is 3. The second-order valence-electron chi connectivity index (χ2n) is 11.5. The average molecular weight is 677 g/mol. The second-order valence-corrected chi connectivity index (χ2v) is 11.5. The minimum absolute atomic E-state index is 0.0469. The van der Waals surface area contributed by atoms with Gasteiger partial charge in [-0.3, -0.25) is 39.9 Å². The fourth-order valence-corrected chi connectivity index (χ4v) is 6.43. The molecule has 2 amide bonds. The fraction of sp³-hybridized carbons (Fsp3) is 0.182. The zero-order valence-corrected chi connectivity index (χ0v) is 24.9. The van der Waals surface area contributed by atoms with E-state index < -0.39 is 74.9 Å². The number of ether oxygens (including phenoxy) is 1. The van der Waals surface area contributed by atoms with Crippen LogP contribution in [0.1, 0.15) is 22.7 Å². The van der Waals surface area contributed by atoms with Crippen molar-refractivity contribution in [1.29, 1.82) is 0 Å². The van der Waals surface area contributed by atoms with Gasteiger partial charge in [-0.1, -0.05) is 36.4 Å². The molecule has 0 aromatic heterocycles. The lowest BCUT2D eigenvalue weighted by Gasteiger charge is -2.31. The first-order valence-electron chi connectivity index (χ1n) is 14.5. The number of carboxylic acids is 1.